The lowest BCUT2D eigenvalue weighted by Gasteiger charge is -2.32. The number of aromatic nitrogens is 4. The van der Waals surface area contributed by atoms with E-state index in [1.165, 1.54) is 0 Å². The van der Waals surface area contributed by atoms with Crippen molar-refractivity contribution in [1.82, 2.24) is 24.8 Å². The third kappa shape index (κ3) is 3.62. The second-order valence-electron chi connectivity index (χ2n) is 7.54. The molecule has 0 spiro atoms. The van der Waals surface area contributed by atoms with E-state index in [1.807, 2.05) is 33.2 Å². The summed E-state index contributed by atoms with van der Waals surface area (Å²) in [6, 6.07) is 6.28. The van der Waals surface area contributed by atoms with Gasteiger partial charge in [-0.05, 0) is 25.5 Å². The molecule has 0 unspecified atom stereocenters. The van der Waals surface area contributed by atoms with E-state index in [1.54, 1.807) is 0 Å². The van der Waals surface area contributed by atoms with Crippen molar-refractivity contribution < 1.29 is 0 Å². The van der Waals surface area contributed by atoms with E-state index < -0.39 is 0 Å². The minimum absolute atomic E-state index is 0.161. The maximum atomic E-state index is 9.66. The predicted octanol–water partition coefficient (Wildman–Crippen LogP) is 1.96. The van der Waals surface area contributed by atoms with Crippen LogP contribution >= 0.6 is 0 Å². The van der Waals surface area contributed by atoms with Crippen molar-refractivity contribution in [1.29, 1.82) is 5.26 Å². The molecule has 4 N–H and O–H groups in total. The summed E-state index contributed by atoms with van der Waals surface area (Å²) in [7, 11) is 2.03. The second kappa shape index (κ2) is 8.16. The Bertz CT molecular complexity index is 1110. The van der Waals surface area contributed by atoms with Crippen molar-refractivity contribution in [3.63, 3.8) is 0 Å². The zero-order valence-electron chi connectivity index (χ0n) is 17.6. The number of nitrogens with two attached hydrogens (primary N) is 1. The molecule has 0 amide bonds. The molecular weight excluding hydrogens is 378 g/mol. The standard InChI is InChI=1S/C21H27N9/c1-4-15-14(12-22)20(28-21(23)27-15)25-13(2)19-18(30-9-6-24-7-10-30)11-17-16(26-19)5-8-29(17)3/h5,8,11,13,24H,4,6-7,9-10H2,1-3H3,(H3,23,25,27,28)/t13-/m0/s1. The molecule has 156 valence electrons. The molecule has 1 fully saturated rings. The molecule has 30 heavy (non-hydrogen) atoms. The molecule has 3 aromatic rings. The maximum absolute atomic E-state index is 9.66. The molecule has 0 saturated carbocycles. The molecule has 0 aliphatic carbocycles. The Kier molecular flexibility index (Phi) is 5.42. The van der Waals surface area contributed by atoms with Gasteiger partial charge in [-0.2, -0.15) is 10.2 Å². The van der Waals surface area contributed by atoms with Gasteiger partial charge in [-0.1, -0.05) is 6.92 Å². The summed E-state index contributed by atoms with van der Waals surface area (Å²) in [6.45, 7) is 7.69. The van der Waals surface area contributed by atoms with E-state index in [0.717, 1.165) is 48.6 Å². The molecule has 3 aromatic heterocycles. The molecule has 1 aliphatic rings. The summed E-state index contributed by atoms with van der Waals surface area (Å²) in [5, 5.41) is 16.4. The second-order valence-corrected chi connectivity index (χ2v) is 7.54. The van der Waals surface area contributed by atoms with Gasteiger partial charge in [0, 0.05) is 39.4 Å². The predicted molar refractivity (Wildman–Crippen MR) is 118 cm³/mol. The Morgan fingerprint density at radius 3 is 2.77 bits per heavy atom. The Morgan fingerprint density at radius 2 is 2.07 bits per heavy atom. The average molecular weight is 406 g/mol. The molecule has 4 heterocycles. The van der Waals surface area contributed by atoms with E-state index >= 15 is 0 Å². The summed E-state index contributed by atoms with van der Waals surface area (Å²) in [5.74, 6) is 0.616. The third-order valence-corrected chi connectivity index (χ3v) is 5.54. The molecular formula is C21H27N9. The fourth-order valence-electron chi connectivity index (χ4n) is 3.94. The number of hydrogen-bond acceptors (Lipinski definition) is 8. The van der Waals surface area contributed by atoms with Gasteiger partial charge in [0.2, 0.25) is 5.95 Å². The Labute approximate surface area is 175 Å². The number of nitrogens with one attached hydrogen (secondary N) is 2. The number of anilines is 3. The van der Waals surface area contributed by atoms with E-state index in [-0.39, 0.29) is 12.0 Å². The first kappa shape index (κ1) is 19.9. The SMILES string of the molecule is CCc1nc(N)nc(N[C@@H](C)c2nc3ccn(C)c3cc2N2CCNCC2)c1C#N. The van der Waals surface area contributed by atoms with Crippen molar-refractivity contribution in [2.75, 3.05) is 42.1 Å². The normalized spacial score (nSPS) is 15.2. The third-order valence-electron chi connectivity index (χ3n) is 5.54. The van der Waals surface area contributed by atoms with E-state index in [0.29, 0.717) is 23.5 Å². The zero-order chi connectivity index (χ0) is 21.3. The van der Waals surface area contributed by atoms with Crippen molar-refractivity contribution in [2.45, 2.75) is 26.3 Å². The molecule has 4 rings (SSSR count). The van der Waals surface area contributed by atoms with Gasteiger partial charge in [-0.3, -0.25) is 0 Å². The van der Waals surface area contributed by atoms with Gasteiger partial charge in [0.05, 0.1) is 34.2 Å². The molecule has 1 atom stereocenters. The highest BCUT2D eigenvalue weighted by atomic mass is 15.2. The van der Waals surface area contributed by atoms with E-state index in [2.05, 4.69) is 42.2 Å². The number of hydrogen-bond donors (Lipinski definition) is 3. The lowest BCUT2D eigenvalue weighted by molar-refractivity contribution is 0.585. The van der Waals surface area contributed by atoms with Gasteiger partial charge in [0.15, 0.2) is 0 Å². The number of fused-ring (bicyclic) bond motifs is 1. The first-order valence-electron chi connectivity index (χ1n) is 10.3. The number of pyridine rings is 1. The molecule has 0 radical (unpaired) electrons. The number of nitrogen functional groups attached to an aromatic ring is 1. The van der Waals surface area contributed by atoms with Gasteiger partial charge in [0.25, 0.3) is 0 Å². The fraction of sp³-hybridized carbons (Fsp3) is 0.429. The number of aryl methyl sites for hydroxylation is 2. The number of nitrogens with zero attached hydrogens (tertiary/aromatic N) is 6. The number of nitriles is 1. The fourth-order valence-corrected chi connectivity index (χ4v) is 3.94. The molecule has 1 saturated heterocycles. The van der Waals surface area contributed by atoms with Crippen LogP contribution in [0.1, 0.15) is 36.8 Å². The minimum atomic E-state index is -0.175. The van der Waals surface area contributed by atoms with Crippen molar-refractivity contribution >= 4 is 28.5 Å². The van der Waals surface area contributed by atoms with Crippen molar-refractivity contribution in [3.05, 3.63) is 35.3 Å². The molecule has 9 nitrogen and oxygen atoms in total. The average Bonchev–Trinajstić information content (AvgIpc) is 3.13. The number of rotatable bonds is 5. The van der Waals surface area contributed by atoms with Crippen molar-refractivity contribution in [3.8, 4) is 6.07 Å². The summed E-state index contributed by atoms with van der Waals surface area (Å²) in [4.78, 5) is 15.9. The van der Waals surface area contributed by atoms with Crippen molar-refractivity contribution in [2.24, 2.45) is 7.05 Å². The summed E-state index contributed by atoms with van der Waals surface area (Å²) < 4.78 is 2.09. The van der Waals surface area contributed by atoms with Crippen LogP contribution in [0.2, 0.25) is 0 Å². The smallest absolute Gasteiger partial charge is 0.222 e. The van der Waals surface area contributed by atoms with Gasteiger partial charge in [0.1, 0.15) is 17.5 Å². The van der Waals surface area contributed by atoms with Crippen LogP contribution in [0.25, 0.3) is 11.0 Å². The van der Waals surface area contributed by atoms with Crippen LogP contribution in [0.5, 0.6) is 0 Å². The topological polar surface area (TPSA) is 121 Å². The van der Waals surface area contributed by atoms with Crippen LogP contribution in [0.15, 0.2) is 18.3 Å². The molecule has 1 aliphatic heterocycles. The van der Waals surface area contributed by atoms with Crippen LogP contribution in [-0.4, -0.2) is 45.7 Å². The monoisotopic (exact) mass is 405 g/mol. The van der Waals surface area contributed by atoms with Crippen LogP contribution < -0.4 is 21.3 Å². The largest absolute Gasteiger partial charge is 0.368 e. The lowest BCUT2D eigenvalue weighted by atomic mass is 10.1. The van der Waals surface area contributed by atoms with Gasteiger partial charge < -0.3 is 25.8 Å². The van der Waals surface area contributed by atoms with Gasteiger partial charge >= 0.3 is 0 Å². The lowest BCUT2D eigenvalue weighted by Crippen LogP contribution is -2.44. The molecule has 0 aromatic carbocycles. The Morgan fingerprint density at radius 1 is 1.30 bits per heavy atom. The highest BCUT2D eigenvalue weighted by Crippen LogP contribution is 2.32. The summed E-state index contributed by atoms with van der Waals surface area (Å²) in [6.07, 6.45) is 2.63. The van der Waals surface area contributed by atoms with Gasteiger partial charge in [-0.15, -0.1) is 0 Å². The first-order valence-corrected chi connectivity index (χ1v) is 10.3. The van der Waals surface area contributed by atoms with E-state index in [9.17, 15) is 5.26 Å². The Balaban J connectivity index is 1.77. The molecule has 0 bridgehead atoms. The van der Waals surface area contributed by atoms with Crippen LogP contribution in [-0.2, 0) is 13.5 Å². The highest BCUT2D eigenvalue weighted by Gasteiger charge is 2.23. The Hall–Kier alpha value is -3.38. The van der Waals surface area contributed by atoms with Crippen LogP contribution in [0, 0.1) is 11.3 Å². The summed E-state index contributed by atoms with van der Waals surface area (Å²) >= 11 is 0. The van der Waals surface area contributed by atoms with E-state index in [4.69, 9.17) is 10.7 Å². The minimum Gasteiger partial charge on any atom is -0.368 e. The summed E-state index contributed by atoms with van der Waals surface area (Å²) in [5.41, 5.74) is 11.0. The quantitative estimate of drug-likeness (QED) is 0.589. The van der Waals surface area contributed by atoms with Crippen LogP contribution in [0.3, 0.4) is 0 Å². The first-order chi connectivity index (χ1) is 14.5. The van der Waals surface area contributed by atoms with Crippen LogP contribution in [0.4, 0.5) is 17.5 Å². The zero-order valence-corrected chi connectivity index (χ0v) is 17.6. The van der Waals surface area contributed by atoms with Gasteiger partial charge in [-0.25, -0.2) is 9.97 Å². The molecule has 9 heteroatoms. The number of piperazine rings is 1. The maximum Gasteiger partial charge on any atom is 0.222 e. The highest BCUT2D eigenvalue weighted by molar-refractivity contribution is 5.81.